The number of nitrogens with zero attached hydrogens (tertiary/aromatic N) is 4. The van der Waals surface area contributed by atoms with E-state index in [4.69, 9.17) is 9.72 Å². The normalized spacial score (nSPS) is 23.5. The third-order valence-corrected chi connectivity index (χ3v) is 6.88. The van der Waals surface area contributed by atoms with E-state index in [1.165, 1.54) is 19.3 Å². The second-order valence-electron chi connectivity index (χ2n) is 8.78. The molecule has 0 N–H and O–H groups in total. The molecule has 2 saturated heterocycles. The van der Waals surface area contributed by atoms with Crippen LogP contribution in [0.25, 0.3) is 11.0 Å². The minimum absolute atomic E-state index is 0.0457. The smallest absolute Gasteiger partial charge is 0.242 e. The summed E-state index contributed by atoms with van der Waals surface area (Å²) < 4.78 is 7.44. The monoisotopic (exact) mass is 410 g/mol. The van der Waals surface area contributed by atoms with Gasteiger partial charge in [0, 0.05) is 38.0 Å². The molecular weight excluding hydrogens is 380 g/mol. The van der Waals surface area contributed by atoms with Gasteiger partial charge in [0.05, 0.1) is 24.2 Å². The maximum Gasteiger partial charge on any atom is 0.242 e. The minimum atomic E-state index is 0.0457. The van der Waals surface area contributed by atoms with Crippen LogP contribution in [0.2, 0.25) is 0 Å². The summed E-state index contributed by atoms with van der Waals surface area (Å²) in [4.78, 5) is 34.7. The van der Waals surface area contributed by atoms with Crippen LogP contribution < -0.4 is 0 Å². The minimum Gasteiger partial charge on any atom is -0.378 e. The average molecular weight is 411 g/mol. The van der Waals surface area contributed by atoms with Crippen LogP contribution in [0.4, 0.5) is 0 Å². The van der Waals surface area contributed by atoms with Crippen molar-refractivity contribution in [3.05, 3.63) is 30.1 Å². The Labute approximate surface area is 177 Å². The quantitative estimate of drug-likeness (QED) is 0.777. The Bertz CT molecular complexity index is 928. The Hall–Kier alpha value is -2.41. The molecule has 2 amide bonds. The first-order chi connectivity index (χ1) is 14.7. The van der Waals surface area contributed by atoms with Crippen LogP contribution >= 0.6 is 0 Å². The van der Waals surface area contributed by atoms with Crippen molar-refractivity contribution in [3.8, 4) is 0 Å². The molecule has 3 fully saturated rings. The molecule has 2 aliphatic heterocycles. The first kappa shape index (κ1) is 19.5. The third-order valence-electron chi connectivity index (χ3n) is 6.88. The topological polar surface area (TPSA) is 67.7 Å². The summed E-state index contributed by atoms with van der Waals surface area (Å²) in [5.74, 6) is 1.26. The molecule has 1 aromatic heterocycles. The lowest BCUT2D eigenvalue weighted by Gasteiger charge is -2.31. The Balaban J connectivity index is 1.42. The molecule has 160 valence electrons. The summed E-state index contributed by atoms with van der Waals surface area (Å²) in [6.07, 6.45) is 6.43. The van der Waals surface area contributed by atoms with Crippen molar-refractivity contribution in [1.29, 1.82) is 0 Å². The van der Waals surface area contributed by atoms with E-state index in [9.17, 15) is 9.59 Å². The number of amides is 2. The van der Waals surface area contributed by atoms with E-state index < -0.39 is 0 Å². The first-order valence-electron chi connectivity index (χ1n) is 11.3. The molecular formula is C23H30N4O3. The van der Waals surface area contributed by atoms with E-state index in [0.717, 1.165) is 36.2 Å². The zero-order valence-electron chi connectivity index (χ0n) is 17.5. The molecule has 1 unspecified atom stereocenters. The summed E-state index contributed by atoms with van der Waals surface area (Å²) in [7, 11) is 0. The zero-order valence-corrected chi connectivity index (χ0v) is 17.5. The number of ether oxygens (including phenoxy) is 1. The molecule has 3 heterocycles. The zero-order chi connectivity index (χ0) is 20.5. The van der Waals surface area contributed by atoms with Gasteiger partial charge in [-0.1, -0.05) is 31.4 Å². The van der Waals surface area contributed by atoms with Gasteiger partial charge in [0.1, 0.15) is 12.4 Å². The average Bonchev–Trinajstić information content (AvgIpc) is 3.35. The van der Waals surface area contributed by atoms with Crippen molar-refractivity contribution in [1.82, 2.24) is 19.4 Å². The molecule has 3 aliphatic rings. The van der Waals surface area contributed by atoms with Crippen LogP contribution in [0, 0.1) is 0 Å². The fraction of sp³-hybridized carbons (Fsp3) is 0.609. The maximum absolute atomic E-state index is 13.0. The Morgan fingerprint density at radius 3 is 2.67 bits per heavy atom. The van der Waals surface area contributed by atoms with Gasteiger partial charge < -0.3 is 19.1 Å². The van der Waals surface area contributed by atoms with E-state index in [1.807, 2.05) is 29.2 Å². The molecule has 7 nitrogen and oxygen atoms in total. The highest BCUT2D eigenvalue weighted by molar-refractivity contribution is 5.83. The highest BCUT2D eigenvalue weighted by atomic mass is 16.5. The third kappa shape index (κ3) is 3.71. The highest BCUT2D eigenvalue weighted by Gasteiger charge is 2.38. The maximum atomic E-state index is 13.0. The number of morpholine rings is 1. The fourth-order valence-corrected chi connectivity index (χ4v) is 5.27. The summed E-state index contributed by atoms with van der Waals surface area (Å²) in [6.45, 7) is 3.45. The molecule has 1 atom stereocenters. The fourth-order valence-electron chi connectivity index (χ4n) is 5.27. The molecule has 0 radical (unpaired) electrons. The van der Waals surface area contributed by atoms with E-state index in [1.54, 1.807) is 0 Å². The number of hydrogen-bond donors (Lipinski definition) is 0. The number of imidazole rings is 1. The van der Waals surface area contributed by atoms with Crippen LogP contribution in [0.3, 0.4) is 0 Å². The van der Waals surface area contributed by atoms with Crippen molar-refractivity contribution in [2.75, 3.05) is 32.8 Å². The summed E-state index contributed by atoms with van der Waals surface area (Å²) in [5.41, 5.74) is 1.86. The predicted octanol–water partition coefficient (Wildman–Crippen LogP) is 2.54. The van der Waals surface area contributed by atoms with Gasteiger partial charge in [0.15, 0.2) is 0 Å². The number of carbonyl (C=O) groups is 2. The van der Waals surface area contributed by atoms with Crippen molar-refractivity contribution in [2.45, 2.75) is 57.0 Å². The molecule has 2 aromatic rings. The molecule has 1 aromatic carbocycles. The number of benzene rings is 1. The summed E-state index contributed by atoms with van der Waals surface area (Å²) in [5, 5.41) is 0. The van der Waals surface area contributed by atoms with Crippen LogP contribution in [0.5, 0.6) is 0 Å². The first-order valence-corrected chi connectivity index (χ1v) is 11.3. The number of aromatic nitrogens is 2. The van der Waals surface area contributed by atoms with Crippen LogP contribution in [-0.2, 0) is 20.9 Å². The second kappa shape index (κ2) is 8.38. The van der Waals surface area contributed by atoms with Gasteiger partial charge in [-0.25, -0.2) is 4.98 Å². The van der Waals surface area contributed by atoms with Crippen molar-refractivity contribution in [2.24, 2.45) is 0 Å². The molecule has 0 bridgehead atoms. The van der Waals surface area contributed by atoms with Gasteiger partial charge >= 0.3 is 0 Å². The molecule has 1 aliphatic carbocycles. The molecule has 5 rings (SSSR count). The van der Waals surface area contributed by atoms with Gasteiger partial charge in [0.25, 0.3) is 0 Å². The van der Waals surface area contributed by atoms with Crippen molar-refractivity contribution < 1.29 is 14.3 Å². The lowest BCUT2D eigenvalue weighted by molar-refractivity contribution is -0.135. The number of para-hydroxylation sites is 2. The predicted molar refractivity (Wildman–Crippen MR) is 113 cm³/mol. The molecule has 1 saturated carbocycles. The van der Waals surface area contributed by atoms with Crippen molar-refractivity contribution >= 4 is 22.8 Å². The Morgan fingerprint density at radius 2 is 1.87 bits per heavy atom. The van der Waals surface area contributed by atoms with Gasteiger partial charge in [-0.3, -0.25) is 9.59 Å². The van der Waals surface area contributed by atoms with E-state index in [2.05, 4.69) is 9.47 Å². The molecule has 30 heavy (non-hydrogen) atoms. The largest absolute Gasteiger partial charge is 0.378 e. The van der Waals surface area contributed by atoms with Crippen LogP contribution in [0.1, 0.15) is 50.3 Å². The molecule has 0 spiro atoms. The summed E-state index contributed by atoms with van der Waals surface area (Å²) >= 11 is 0. The highest BCUT2D eigenvalue weighted by Crippen LogP contribution is 2.34. The Kier molecular flexibility index (Phi) is 5.46. The van der Waals surface area contributed by atoms with Gasteiger partial charge in [-0.05, 0) is 25.0 Å². The molecule has 7 heteroatoms. The lowest BCUT2D eigenvalue weighted by Crippen LogP contribution is -2.42. The van der Waals surface area contributed by atoms with E-state index >= 15 is 0 Å². The SMILES string of the molecule is O=C(Cn1c(C2CC(=O)N(C3CCCCC3)C2)nc2ccccc21)N1CCOCC1. The number of likely N-dealkylation sites (tertiary alicyclic amines) is 1. The number of hydrogen-bond acceptors (Lipinski definition) is 4. The lowest BCUT2D eigenvalue weighted by atomic mass is 9.94. The van der Waals surface area contributed by atoms with E-state index in [-0.39, 0.29) is 24.3 Å². The standard InChI is InChI=1S/C23H30N4O3/c28-21-14-17(15-26(21)18-6-2-1-3-7-18)23-24-19-8-4-5-9-20(19)27(23)16-22(29)25-10-12-30-13-11-25/h4-5,8-9,17-18H,1-3,6-7,10-16H2. The van der Waals surface area contributed by atoms with Gasteiger partial charge in [0.2, 0.25) is 11.8 Å². The van der Waals surface area contributed by atoms with Crippen LogP contribution in [-0.4, -0.2) is 70.1 Å². The summed E-state index contributed by atoms with van der Waals surface area (Å²) in [6, 6.07) is 8.35. The van der Waals surface area contributed by atoms with E-state index in [0.29, 0.717) is 38.8 Å². The van der Waals surface area contributed by atoms with Crippen LogP contribution in [0.15, 0.2) is 24.3 Å². The van der Waals surface area contributed by atoms with Gasteiger partial charge in [-0.2, -0.15) is 0 Å². The number of fused-ring (bicyclic) bond motifs is 1. The van der Waals surface area contributed by atoms with Gasteiger partial charge in [-0.15, -0.1) is 0 Å². The second-order valence-corrected chi connectivity index (χ2v) is 8.78. The van der Waals surface area contributed by atoms with Crippen molar-refractivity contribution in [3.63, 3.8) is 0 Å². The number of carbonyl (C=O) groups excluding carboxylic acids is 2. The Morgan fingerprint density at radius 1 is 1.10 bits per heavy atom. The number of rotatable bonds is 4.